The number of anilines is 1. The van der Waals surface area contributed by atoms with E-state index in [0.29, 0.717) is 5.69 Å². The summed E-state index contributed by atoms with van der Waals surface area (Å²) in [6, 6.07) is 7.57. The molecule has 1 unspecified atom stereocenters. The summed E-state index contributed by atoms with van der Waals surface area (Å²) in [6.45, 7) is 8.16. The molecule has 2 aromatic rings. The number of benzene rings is 1. The first kappa shape index (κ1) is 13.1. The van der Waals surface area contributed by atoms with E-state index in [-0.39, 0.29) is 11.9 Å². The number of hydrogen-bond donors (Lipinski definition) is 1. The highest BCUT2D eigenvalue weighted by Gasteiger charge is 2.12. The molecule has 0 aliphatic rings. The van der Waals surface area contributed by atoms with Gasteiger partial charge in [-0.3, -0.25) is 0 Å². The van der Waals surface area contributed by atoms with Crippen molar-refractivity contribution in [2.75, 3.05) is 5.32 Å². The Labute approximate surface area is 112 Å². The van der Waals surface area contributed by atoms with Crippen LogP contribution in [0.2, 0.25) is 0 Å². The molecule has 0 spiro atoms. The number of rotatable bonds is 3. The summed E-state index contributed by atoms with van der Waals surface area (Å²) in [5, 5.41) is 3.24. The van der Waals surface area contributed by atoms with Gasteiger partial charge in [0.25, 0.3) is 0 Å². The zero-order valence-corrected chi connectivity index (χ0v) is 12.0. The second kappa shape index (κ2) is 5.11. The van der Waals surface area contributed by atoms with E-state index in [0.717, 1.165) is 5.56 Å². The van der Waals surface area contributed by atoms with Crippen LogP contribution in [0.1, 0.15) is 33.8 Å². The van der Waals surface area contributed by atoms with Crippen molar-refractivity contribution in [2.45, 2.75) is 33.7 Å². The summed E-state index contributed by atoms with van der Waals surface area (Å²) in [5.74, 6) is -0.188. The predicted molar refractivity (Wildman–Crippen MR) is 77.0 cm³/mol. The van der Waals surface area contributed by atoms with Crippen LogP contribution in [0.3, 0.4) is 0 Å². The average molecular weight is 263 g/mol. The minimum atomic E-state index is -0.188. The van der Waals surface area contributed by atoms with Crippen LogP contribution in [-0.4, -0.2) is 0 Å². The maximum atomic E-state index is 13.8. The topological polar surface area (TPSA) is 12.0 Å². The highest BCUT2D eigenvalue weighted by Crippen LogP contribution is 2.29. The first-order valence-electron chi connectivity index (χ1n) is 6.07. The van der Waals surface area contributed by atoms with Gasteiger partial charge in [-0.25, -0.2) is 4.39 Å². The van der Waals surface area contributed by atoms with Gasteiger partial charge in [0, 0.05) is 15.8 Å². The maximum Gasteiger partial charge on any atom is 0.146 e. The molecule has 1 N–H and O–H groups in total. The van der Waals surface area contributed by atoms with Gasteiger partial charge >= 0.3 is 0 Å². The van der Waals surface area contributed by atoms with E-state index >= 15 is 0 Å². The van der Waals surface area contributed by atoms with Gasteiger partial charge in [0.1, 0.15) is 5.82 Å². The molecule has 0 bridgehead atoms. The number of halogens is 1. The highest BCUT2D eigenvalue weighted by atomic mass is 32.1. The molecule has 1 heterocycles. The second-order valence-corrected chi connectivity index (χ2v) is 6.18. The first-order chi connectivity index (χ1) is 8.47. The molecular weight excluding hydrogens is 245 g/mol. The molecule has 2 rings (SSSR count). The lowest BCUT2D eigenvalue weighted by molar-refractivity contribution is 0.626. The van der Waals surface area contributed by atoms with Crippen molar-refractivity contribution in [2.24, 2.45) is 0 Å². The zero-order chi connectivity index (χ0) is 13.3. The Morgan fingerprint density at radius 1 is 1.17 bits per heavy atom. The molecule has 18 heavy (non-hydrogen) atoms. The van der Waals surface area contributed by atoms with E-state index in [1.807, 2.05) is 13.0 Å². The molecule has 1 nitrogen and oxygen atoms in total. The van der Waals surface area contributed by atoms with E-state index in [9.17, 15) is 4.39 Å². The van der Waals surface area contributed by atoms with Crippen molar-refractivity contribution < 1.29 is 4.39 Å². The van der Waals surface area contributed by atoms with Crippen molar-refractivity contribution in [3.05, 3.63) is 51.0 Å². The van der Waals surface area contributed by atoms with E-state index in [2.05, 4.69) is 32.2 Å². The van der Waals surface area contributed by atoms with Gasteiger partial charge in [0.05, 0.1) is 5.69 Å². The SMILES string of the molecule is Cc1ccc(NC(C)c2cc(C)sc2C)c(F)c1. The van der Waals surface area contributed by atoms with Gasteiger partial charge in [-0.1, -0.05) is 6.07 Å². The van der Waals surface area contributed by atoms with Gasteiger partial charge in [0.15, 0.2) is 0 Å². The minimum absolute atomic E-state index is 0.118. The lowest BCUT2D eigenvalue weighted by Gasteiger charge is -2.16. The van der Waals surface area contributed by atoms with Crippen LogP contribution in [0, 0.1) is 26.6 Å². The monoisotopic (exact) mass is 263 g/mol. The fraction of sp³-hybridized carbons (Fsp3) is 0.333. The fourth-order valence-electron chi connectivity index (χ4n) is 2.13. The largest absolute Gasteiger partial charge is 0.376 e. The number of thiophene rings is 1. The molecule has 0 aliphatic carbocycles. The van der Waals surface area contributed by atoms with Crippen LogP contribution < -0.4 is 5.32 Å². The van der Waals surface area contributed by atoms with Crippen LogP contribution in [0.4, 0.5) is 10.1 Å². The van der Waals surface area contributed by atoms with Crippen molar-refractivity contribution in [3.8, 4) is 0 Å². The number of nitrogens with one attached hydrogen (secondary N) is 1. The molecule has 1 atom stereocenters. The Balaban J connectivity index is 2.21. The van der Waals surface area contributed by atoms with Crippen LogP contribution in [0.15, 0.2) is 24.3 Å². The third-order valence-electron chi connectivity index (χ3n) is 3.04. The molecule has 0 saturated carbocycles. The zero-order valence-electron chi connectivity index (χ0n) is 11.2. The Morgan fingerprint density at radius 3 is 2.44 bits per heavy atom. The van der Waals surface area contributed by atoms with Gasteiger partial charge in [-0.2, -0.15) is 0 Å². The molecule has 0 amide bonds. The molecule has 0 fully saturated rings. The number of aryl methyl sites for hydroxylation is 3. The minimum Gasteiger partial charge on any atom is -0.376 e. The smallest absolute Gasteiger partial charge is 0.146 e. The van der Waals surface area contributed by atoms with Gasteiger partial charge < -0.3 is 5.32 Å². The fourth-order valence-corrected chi connectivity index (χ4v) is 3.15. The Kier molecular flexibility index (Phi) is 3.71. The normalized spacial score (nSPS) is 12.5. The van der Waals surface area contributed by atoms with E-state index in [4.69, 9.17) is 0 Å². The molecule has 1 aromatic heterocycles. The highest BCUT2D eigenvalue weighted by molar-refractivity contribution is 7.12. The summed E-state index contributed by atoms with van der Waals surface area (Å²) in [7, 11) is 0. The Hall–Kier alpha value is -1.35. The lowest BCUT2D eigenvalue weighted by atomic mass is 10.1. The summed E-state index contributed by atoms with van der Waals surface area (Å²) >= 11 is 1.78. The predicted octanol–water partition coefficient (Wildman–Crippen LogP) is 4.99. The van der Waals surface area contributed by atoms with Crippen LogP contribution in [0.25, 0.3) is 0 Å². The van der Waals surface area contributed by atoms with Crippen molar-refractivity contribution in [3.63, 3.8) is 0 Å². The lowest BCUT2D eigenvalue weighted by Crippen LogP contribution is -2.08. The van der Waals surface area contributed by atoms with E-state index < -0.39 is 0 Å². The summed E-state index contributed by atoms with van der Waals surface area (Å²) < 4.78 is 13.8. The standard InChI is InChI=1S/C15H18FNS/c1-9-5-6-15(14(16)7-9)17-11(3)13-8-10(2)18-12(13)4/h5-8,11,17H,1-4H3. The Bertz CT molecular complexity index is 560. The quantitative estimate of drug-likeness (QED) is 0.823. The van der Waals surface area contributed by atoms with Crippen molar-refractivity contribution in [1.82, 2.24) is 0 Å². The van der Waals surface area contributed by atoms with Crippen molar-refractivity contribution >= 4 is 17.0 Å². The Morgan fingerprint density at radius 2 is 1.89 bits per heavy atom. The second-order valence-electron chi connectivity index (χ2n) is 4.72. The third kappa shape index (κ3) is 2.72. The maximum absolute atomic E-state index is 13.8. The summed E-state index contributed by atoms with van der Waals surface area (Å²) in [6.07, 6.45) is 0. The van der Waals surface area contributed by atoms with Crippen LogP contribution in [0.5, 0.6) is 0 Å². The van der Waals surface area contributed by atoms with E-state index in [1.54, 1.807) is 23.5 Å². The number of hydrogen-bond acceptors (Lipinski definition) is 2. The molecule has 0 aliphatic heterocycles. The molecule has 0 saturated heterocycles. The molecule has 1 aromatic carbocycles. The first-order valence-corrected chi connectivity index (χ1v) is 6.88. The molecule has 3 heteroatoms. The average Bonchev–Trinajstić information content (AvgIpc) is 2.62. The van der Waals surface area contributed by atoms with Crippen LogP contribution >= 0.6 is 11.3 Å². The van der Waals surface area contributed by atoms with Crippen molar-refractivity contribution in [1.29, 1.82) is 0 Å². The van der Waals surface area contributed by atoms with Gasteiger partial charge in [0.2, 0.25) is 0 Å². The third-order valence-corrected chi connectivity index (χ3v) is 4.02. The molecular formula is C15H18FNS. The van der Waals surface area contributed by atoms with Gasteiger partial charge in [-0.15, -0.1) is 11.3 Å². The summed E-state index contributed by atoms with van der Waals surface area (Å²) in [5.41, 5.74) is 2.75. The molecule has 0 radical (unpaired) electrons. The molecule has 96 valence electrons. The van der Waals surface area contributed by atoms with Crippen LogP contribution in [-0.2, 0) is 0 Å². The van der Waals surface area contributed by atoms with E-state index in [1.165, 1.54) is 15.3 Å². The summed E-state index contributed by atoms with van der Waals surface area (Å²) in [4.78, 5) is 2.58. The van der Waals surface area contributed by atoms with Gasteiger partial charge in [-0.05, 0) is 57.0 Å².